The van der Waals surface area contributed by atoms with Gasteiger partial charge in [-0.1, -0.05) is 26.0 Å². The number of carbonyl (C=O) groups is 1. The predicted molar refractivity (Wildman–Crippen MR) is 46.3 cm³/mol. The molecule has 0 aromatic rings. The molecule has 0 spiro atoms. The van der Waals surface area contributed by atoms with E-state index in [1.54, 1.807) is 6.08 Å². The summed E-state index contributed by atoms with van der Waals surface area (Å²) in [6, 6.07) is 0. The lowest BCUT2D eigenvalue weighted by Crippen LogP contribution is -2.02. The maximum atomic E-state index is 10.8. The minimum absolute atomic E-state index is 0.219. The Labute approximate surface area is 67.8 Å². The molecule has 1 rings (SSSR count). The van der Waals surface area contributed by atoms with E-state index < -0.39 is 0 Å². The van der Waals surface area contributed by atoms with Crippen molar-refractivity contribution in [2.24, 2.45) is 5.92 Å². The summed E-state index contributed by atoms with van der Waals surface area (Å²) >= 11 is 0. The van der Waals surface area contributed by atoms with Gasteiger partial charge in [0, 0.05) is 6.42 Å². The zero-order chi connectivity index (χ0) is 8.27. The molecule has 0 radical (unpaired) electrons. The highest BCUT2D eigenvalue weighted by Crippen LogP contribution is 2.19. The van der Waals surface area contributed by atoms with Gasteiger partial charge in [0.1, 0.15) is 0 Å². The Kier molecular flexibility index (Phi) is 2.64. The van der Waals surface area contributed by atoms with Crippen LogP contribution in [0.5, 0.6) is 0 Å². The lowest BCUT2D eigenvalue weighted by atomic mass is 9.93. The molecule has 0 amide bonds. The maximum absolute atomic E-state index is 10.8. The normalized spacial score (nSPS) is 19.8. The van der Waals surface area contributed by atoms with Crippen molar-refractivity contribution in [3.05, 3.63) is 23.8 Å². The fourth-order valence-corrected chi connectivity index (χ4v) is 1.14. The molecule has 0 saturated carbocycles. The van der Waals surface area contributed by atoms with Crippen LogP contribution in [-0.4, -0.2) is 5.78 Å². The van der Waals surface area contributed by atoms with Crippen LogP contribution in [0.2, 0.25) is 0 Å². The lowest BCUT2D eigenvalue weighted by molar-refractivity contribution is -0.113. The van der Waals surface area contributed by atoms with Crippen LogP contribution < -0.4 is 0 Å². The van der Waals surface area contributed by atoms with Gasteiger partial charge in [0.2, 0.25) is 0 Å². The summed E-state index contributed by atoms with van der Waals surface area (Å²) < 4.78 is 0. The standard InChI is InChI=1S/C10H14O/c1-3-8(2)9-4-6-10(11)7-5-9/h4-6,8H,3,7H2,1-2H3. The van der Waals surface area contributed by atoms with Crippen molar-refractivity contribution in [3.8, 4) is 0 Å². The second kappa shape index (κ2) is 3.51. The third-order valence-electron chi connectivity index (χ3n) is 2.18. The van der Waals surface area contributed by atoms with Crippen LogP contribution in [0.1, 0.15) is 26.7 Å². The van der Waals surface area contributed by atoms with Crippen molar-refractivity contribution in [1.82, 2.24) is 0 Å². The molecule has 11 heavy (non-hydrogen) atoms. The number of ketones is 1. The molecule has 0 aromatic carbocycles. The molecule has 60 valence electrons. The summed E-state index contributed by atoms with van der Waals surface area (Å²) in [5, 5.41) is 0. The van der Waals surface area contributed by atoms with Crippen molar-refractivity contribution in [1.29, 1.82) is 0 Å². The third kappa shape index (κ3) is 2.04. The van der Waals surface area contributed by atoms with Crippen molar-refractivity contribution in [2.75, 3.05) is 0 Å². The Morgan fingerprint density at radius 1 is 1.55 bits per heavy atom. The van der Waals surface area contributed by atoms with Gasteiger partial charge >= 0.3 is 0 Å². The van der Waals surface area contributed by atoms with Gasteiger partial charge in [0.05, 0.1) is 0 Å². The first-order valence-electron chi connectivity index (χ1n) is 4.15. The number of hydrogen-bond donors (Lipinski definition) is 0. The fourth-order valence-electron chi connectivity index (χ4n) is 1.14. The quantitative estimate of drug-likeness (QED) is 0.591. The van der Waals surface area contributed by atoms with E-state index in [4.69, 9.17) is 0 Å². The molecule has 1 unspecified atom stereocenters. The van der Waals surface area contributed by atoms with Crippen LogP contribution in [-0.2, 0) is 4.79 Å². The molecule has 1 nitrogen and oxygen atoms in total. The summed E-state index contributed by atoms with van der Waals surface area (Å²) in [6.07, 6.45) is 7.40. The monoisotopic (exact) mass is 150 g/mol. The van der Waals surface area contributed by atoms with Crippen LogP contribution >= 0.6 is 0 Å². The van der Waals surface area contributed by atoms with Gasteiger partial charge in [-0.2, -0.15) is 0 Å². The largest absolute Gasteiger partial charge is 0.295 e. The number of hydrogen-bond acceptors (Lipinski definition) is 1. The van der Waals surface area contributed by atoms with Crippen molar-refractivity contribution >= 4 is 5.78 Å². The van der Waals surface area contributed by atoms with Crippen molar-refractivity contribution in [2.45, 2.75) is 26.7 Å². The zero-order valence-corrected chi connectivity index (χ0v) is 7.13. The highest BCUT2D eigenvalue weighted by Gasteiger charge is 2.07. The highest BCUT2D eigenvalue weighted by atomic mass is 16.1. The topological polar surface area (TPSA) is 17.1 Å². The van der Waals surface area contributed by atoms with Crippen LogP contribution in [0.3, 0.4) is 0 Å². The van der Waals surface area contributed by atoms with Crippen molar-refractivity contribution in [3.63, 3.8) is 0 Å². The minimum Gasteiger partial charge on any atom is -0.295 e. The van der Waals surface area contributed by atoms with Crippen LogP contribution in [0, 0.1) is 5.92 Å². The van der Waals surface area contributed by atoms with Crippen LogP contribution in [0.15, 0.2) is 23.8 Å². The maximum Gasteiger partial charge on any atom is 0.159 e. The summed E-state index contributed by atoms with van der Waals surface area (Å²) in [5.41, 5.74) is 1.31. The number of rotatable bonds is 2. The molecular formula is C10H14O. The van der Waals surface area contributed by atoms with E-state index in [2.05, 4.69) is 13.8 Å². The first-order chi connectivity index (χ1) is 5.24. The van der Waals surface area contributed by atoms with Crippen LogP contribution in [0.25, 0.3) is 0 Å². The molecular weight excluding hydrogens is 136 g/mol. The fraction of sp³-hybridized carbons (Fsp3) is 0.500. The minimum atomic E-state index is 0.219. The summed E-state index contributed by atoms with van der Waals surface area (Å²) in [5.74, 6) is 0.816. The van der Waals surface area contributed by atoms with E-state index in [1.807, 2.05) is 12.2 Å². The SMILES string of the molecule is CCC(C)C1=CCC(=O)C=C1. The highest BCUT2D eigenvalue weighted by molar-refractivity contribution is 5.92. The summed E-state index contributed by atoms with van der Waals surface area (Å²) in [4.78, 5) is 10.8. The molecule has 0 saturated heterocycles. The van der Waals surface area contributed by atoms with E-state index >= 15 is 0 Å². The number of allylic oxidation sites excluding steroid dienone is 4. The summed E-state index contributed by atoms with van der Waals surface area (Å²) in [6.45, 7) is 4.35. The van der Waals surface area contributed by atoms with Gasteiger partial charge in [-0.25, -0.2) is 0 Å². The van der Waals surface area contributed by atoms with Gasteiger partial charge in [-0.15, -0.1) is 0 Å². The zero-order valence-electron chi connectivity index (χ0n) is 7.13. The Morgan fingerprint density at radius 2 is 2.27 bits per heavy atom. The molecule has 0 bridgehead atoms. The molecule has 1 heteroatoms. The Morgan fingerprint density at radius 3 is 2.73 bits per heavy atom. The third-order valence-corrected chi connectivity index (χ3v) is 2.18. The Hall–Kier alpha value is -0.850. The molecule has 0 N–H and O–H groups in total. The van der Waals surface area contributed by atoms with Crippen molar-refractivity contribution < 1.29 is 4.79 Å². The molecule has 1 atom stereocenters. The van der Waals surface area contributed by atoms with E-state index in [0.29, 0.717) is 12.3 Å². The lowest BCUT2D eigenvalue weighted by Gasteiger charge is -2.12. The van der Waals surface area contributed by atoms with E-state index in [-0.39, 0.29) is 5.78 Å². The molecule has 0 aromatic heterocycles. The van der Waals surface area contributed by atoms with Gasteiger partial charge < -0.3 is 0 Å². The van der Waals surface area contributed by atoms with Gasteiger partial charge in [-0.05, 0) is 24.0 Å². The van der Waals surface area contributed by atoms with E-state index in [9.17, 15) is 4.79 Å². The molecule has 0 aliphatic heterocycles. The van der Waals surface area contributed by atoms with Crippen LogP contribution in [0.4, 0.5) is 0 Å². The molecule has 0 heterocycles. The average Bonchev–Trinajstić information content (AvgIpc) is 2.05. The Balaban J connectivity index is 2.62. The van der Waals surface area contributed by atoms with Gasteiger partial charge in [0.25, 0.3) is 0 Å². The first-order valence-corrected chi connectivity index (χ1v) is 4.15. The molecule has 1 aliphatic rings. The van der Waals surface area contributed by atoms with Gasteiger partial charge in [0.15, 0.2) is 5.78 Å². The van der Waals surface area contributed by atoms with E-state index in [1.165, 1.54) is 5.57 Å². The summed E-state index contributed by atoms with van der Waals surface area (Å²) in [7, 11) is 0. The second-order valence-electron chi connectivity index (χ2n) is 3.02. The Bertz CT molecular complexity index is 211. The van der Waals surface area contributed by atoms with Gasteiger partial charge in [-0.3, -0.25) is 4.79 Å². The number of carbonyl (C=O) groups excluding carboxylic acids is 1. The average molecular weight is 150 g/mol. The van der Waals surface area contributed by atoms with E-state index in [0.717, 1.165) is 6.42 Å². The first kappa shape index (κ1) is 8.25. The molecule has 0 fully saturated rings. The molecule has 1 aliphatic carbocycles. The predicted octanol–water partition coefficient (Wildman–Crippen LogP) is 2.49. The second-order valence-corrected chi connectivity index (χ2v) is 3.02. The smallest absolute Gasteiger partial charge is 0.159 e.